The molecule has 0 fully saturated rings. The van der Waals surface area contributed by atoms with Crippen molar-refractivity contribution < 1.29 is 37.4 Å². The Morgan fingerprint density at radius 1 is 0.773 bits per heavy atom. The van der Waals surface area contributed by atoms with Crippen LogP contribution in [0.15, 0.2) is 0 Å². The van der Waals surface area contributed by atoms with E-state index in [1.165, 1.54) is 27.7 Å². The molecule has 0 saturated heterocycles. The van der Waals surface area contributed by atoms with Gasteiger partial charge in [-0.05, 0) is 0 Å². The highest BCUT2D eigenvalue weighted by Crippen LogP contribution is 2.27. The van der Waals surface area contributed by atoms with E-state index in [1.807, 2.05) is 0 Å². The molecule has 0 spiro atoms. The molecular weight excluding hydrogens is 312 g/mol. The van der Waals surface area contributed by atoms with E-state index in [4.69, 9.17) is 21.7 Å². The third-order valence-corrected chi connectivity index (χ3v) is 2.90. The van der Waals surface area contributed by atoms with Crippen LogP contribution in [-0.2, 0) is 9.59 Å². The van der Waals surface area contributed by atoms with Gasteiger partial charge < -0.3 is 21.7 Å². The van der Waals surface area contributed by atoms with Crippen LogP contribution in [0.1, 0.15) is 27.7 Å². The van der Waals surface area contributed by atoms with E-state index in [1.54, 1.807) is 0 Å². The molecule has 0 aromatic carbocycles. The van der Waals surface area contributed by atoms with Crippen LogP contribution in [0.2, 0.25) is 0 Å². The highest BCUT2D eigenvalue weighted by atomic mass is 19.3. The first-order valence-corrected chi connectivity index (χ1v) is 6.32. The van der Waals surface area contributed by atoms with Crippen LogP contribution < -0.4 is 11.5 Å². The Hall–Kier alpha value is -1.42. The molecule has 0 aliphatic heterocycles. The monoisotopic (exact) mass is 334 g/mol. The first-order valence-electron chi connectivity index (χ1n) is 6.32. The van der Waals surface area contributed by atoms with Crippen molar-refractivity contribution in [3.05, 3.63) is 0 Å². The molecule has 22 heavy (non-hydrogen) atoms. The molecule has 0 heterocycles. The van der Waals surface area contributed by atoms with Crippen molar-refractivity contribution in [2.24, 2.45) is 23.3 Å². The highest BCUT2D eigenvalue weighted by molar-refractivity contribution is 5.74. The summed E-state index contributed by atoms with van der Waals surface area (Å²) >= 11 is 0. The molecule has 0 aromatic rings. The summed E-state index contributed by atoms with van der Waals surface area (Å²) < 4.78 is 50.7. The largest absolute Gasteiger partial charge is 0.480 e. The number of carboxylic acid groups (broad SMARTS) is 2. The Labute approximate surface area is 125 Å². The molecule has 10 heteroatoms. The predicted octanol–water partition coefficient (Wildman–Crippen LogP) is 1.38. The van der Waals surface area contributed by atoms with Crippen molar-refractivity contribution in [1.82, 2.24) is 0 Å². The Balaban J connectivity index is 0. The van der Waals surface area contributed by atoms with E-state index >= 15 is 0 Å². The van der Waals surface area contributed by atoms with Gasteiger partial charge in [-0.15, -0.1) is 0 Å². The normalized spacial score (nSPS) is 15.1. The van der Waals surface area contributed by atoms with E-state index in [0.717, 1.165) is 0 Å². The highest BCUT2D eigenvalue weighted by Gasteiger charge is 2.45. The van der Waals surface area contributed by atoms with Crippen molar-refractivity contribution in [2.75, 3.05) is 0 Å². The summed E-state index contributed by atoms with van der Waals surface area (Å²) in [6.07, 6.45) is 0. The first-order chi connectivity index (χ1) is 9.59. The van der Waals surface area contributed by atoms with E-state index in [0.29, 0.717) is 0 Å². The zero-order valence-electron chi connectivity index (χ0n) is 12.7. The maximum Gasteiger partial charge on any atom is 0.326 e. The lowest BCUT2D eigenvalue weighted by molar-refractivity contribution is -0.154. The molecule has 6 N–H and O–H groups in total. The Morgan fingerprint density at radius 3 is 1.00 bits per heavy atom. The van der Waals surface area contributed by atoms with Crippen LogP contribution in [0.4, 0.5) is 17.6 Å². The van der Waals surface area contributed by atoms with Crippen LogP contribution >= 0.6 is 0 Å². The molecule has 0 aliphatic carbocycles. The molecule has 0 unspecified atom stereocenters. The fourth-order valence-corrected chi connectivity index (χ4v) is 1.05. The quantitative estimate of drug-likeness (QED) is 0.544. The van der Waals surface area contributed by atoms with Crippen LogP contribution in [0.5, 0.6) is 0 Å². The number of halogens is 4. The van der Waals surface area contributed by atoms with Gasteiger partial charge in [0.2, 0.25) is 0 Å². The molecule has 0 aromatic heterocycles. The molecule has 132 valence electrons. The maximum atomic E-state index is 12.7. The molecule has 2 atom stereocenters. The van der Waals surface area contributed by atoms with Crippen molar-refractivity contribution in [2.45, 2.75) is 51.6 Å². The maximum absolute atomic E-state index is 12.7. The third kappa shape index (κ3) is 6.14. The van der Waals surface area contributed by atoms with E-state index in [9.17, 15) is 27.2 Å². The van der Waals surface area contributed by atoms with Gasteiger partial charge in [0.25, 0.3) is 11.8 Å². The average Bonchev–Trinajstić information content (AvgIpc) is 2.36. The summed E-state index contributed by atoms with van der Waals surface area (Å²) in [5.41, 5.74) is 9.49. The molecule has 0 radical (unpaired) electrons. The zero-order chi connectivity index (χ0) is 18.5. The lowest BCUT2D eigenvalue weighted by atomic mass is 9.99. The minimum Gasteiger partial charge on any atom is -0.480 e. The minimum atomic E-state index is -3.34. The second kappa shape index (κ2) is 8.28. The zero-order valence-corrected chi connectivity index (χ0v) is 12.7. The van der Waals surface area contributed by atoms with Crippen molar-refractivity contribution in [1.29, 1.82) is 0 Å². The first kappa shape index (κ1) is 22.9. The average molecular weight is 334 g/mol. The van der Waals surface area contributed by atoms with Gasteiger partial charge in [0.15, 0.2) is 12.1 Å². The van der Waals surface area contributed by atoms with Crippen LogP contribution in [0.25, 0.3) is 0 Å². The number of carboxylic acids is 2. The van der Waals surface area contributed by atoms with Gasteiger partial charge in [0.05, 0.1) is 0 Å². The summed E-state index contributed by atoms with van der Waals surface area (Å²) in [6.45, 7) is 4.90. The lowest BCUT2D eigenvalue weighted by Gasteiger charge is -2.23. The minimum absolute atomic E-state index is 1.06. The number of alkyl halides is 4. The topological polar surface area (TPSA) is 127 Å². The van der Waals surface area contributed by atoms with E-state index in [2.05, 4.69) is 0 Å². The second-order valence-corrected chi connectivity index (χ2v) is 5.29. The van der Waals surface area contributed by atoms with Crippen molar-refractivity contribution >= 4 is 11.9 Å². The molecule has 0 aliphatic rings. The Kier molecular flexibility index (Phi) is 8.60. The van der Waals surface area contributed by atoms with Crippen LogP contribution in [-0.4, -0.2) is 46.1 Å². The SMILES string of the molecule is CC(C)C(F)(F)[C@@H](N)C(=O)O.CC(C)C(F)(F)[C@H](N)C(=O)O. The molecule has 6 nitrogen and oxygen atoms in total. The summed E-state index contributed by atoms with van der Waals surface area (Å²) in [5.74, 6) is -12.2. The summed E-state index contributed by atoms with van der Waals surface area (Å²) in [6, 6.07) is -4.22. The Morgan fingerprint density at radius 2 is 0.955 bits per heavy atom. The van der Waals surface area contributed by atoms with Gasteiger partial charge in [-0.3, -0.25) is 9.59 Å². The Bertz CT molecular complexity index is 353. The summed E-state index contributed by atoms with van der Waals surface area (Å²) in [7, 11) is 0. The molecule has 0 bridgehead atoms. The number of aliphatic carboxylic acids is 2. The molecular formula is C12H22F4N2O4. The van der Waals surface area contributed by atoms with Gasteiger partial charge >= 0.3 is 11.9 Å². The second-order valence-electron chi connectivity index (χ2n) is 5.29. The van der Waals surface area contributed by atoms with Crippen LogP contribution in [0.3, 0.4) is 0 Å². The smallest absolute Gasteiger partial charge is 0.326 e. The number of hydrogen-bond acceptors (Lipinski definition) is 4. The fourth-order valence-electron chi connectivity index (χ4n) is 1.05. The number of hydrogen-bond donors (Lipinski definition) is 4. The van der Waals surface area contributed by atoms with Gasteiger partial charge in [0, 0.05) is 11.8 Å². The molecule has 0 amide bonds. The molecule has 0 rings (SSSR count). The van der Waals surface area contributed by atoms with Gasteiger partial charge in [-0.1, -0.05) is 27.7 Å². The summed E-state index contributed by atoms with van der Waals surface area (Å²) in [4.78, 5) is 20.1. The third-order valence-electron chi connectivity index (χ3n) is 2.90. The standard InChI is InChI=1S/2C6H11F2NO2/c2*1-3(2)6(7,8)4(9)5(10)11/h2*3-4H,9H2,1-2H3,(H,10,11)/t2*4-/m10/s1. The number of nitrogens with two attached hydrogens (primary N) is 2. The predicted molar refractivity (Wildman–Crippen MR) is 70.8 cm³/mol. The van der Waals surface area contributed by atoms with Crippen molar-refractivity contribution in [3.63, 3.8) is 0 Å². The fraction of sp³-hybridized carbons (Fsp3) is 0.833. The van der Waals surface area contributed by atoms with Crippen molar-refractivity contribution in [3.8, 4) is 0 Å². The number of rotatable bonds is 6. The lowest BCUT2D eigenvalue weighted by Crippen LogP contribution is -2.50. The van der Waals surface area contributed by atoms with E-state index in [-0.39, 0.29) is 0 Å². The number of carbonyl (C=O) groups is 2. The van der Waals surface area contributed by atoms with Gasteiger partial charge in [-0.25, -0.2) is 17.6 Å². The van der Waals surface area contributed by atoms with Crippen LogP contribution in [0, 0.1) is 11.8 Å². The van der Waals surface area contributed by atoms with Gasteiger partial charge in [-0.2, -0.15) is 0 Å². The summed E-state index contributed by atoms with van der Waals surface area (Å²) in [5, 5.41) is 16.3. The molecule has 0 saturated carbocycles. The van der Waals surface area contributed by atoms with Gasteiger partial charge in [0.1, 0.15) is 0 Å². The van der Waals surface area contributed by atoms with E-state index < -0.39 is 47.7 Å².